The van der Waals surface area contributed by atoms with E-state index in [1.807, 2.05) is 17.7 Å². The Kier molecular flexibility index (Phi) is 6.96. The summed E-state index contributed by atoms with van der Waals surface area (Å²) in [7, 11) is 0. The number of ether oxygens (including phenoxy) is 1. The van der Waals surface area contributed by atoms with Gasteiger partial charge < -0.3 is 9.84 Å². The number of phenols is 1. The van der Waals surface area contributed by atoms with Crippen molar-refractivity contribution in [3.63, 3.8) is 0 Å². The van der Waals surface area contributed by atoms with Gasteiger partial charge in [-0.2, -0.15) is 0 Å². The fourth-order valence-electron chi connectivity index (χ4n) is 11.7. The van der Waals surface area contributed by atoms with Crippen LogP contribution in [0.3, 0.4) is 0 Å². The number of benzene rings is 1. The lowest BCUT2D eigenvalue weighted by Gasteiger charge is -2.72. The number of allylic oxidation sites excluding steroid dienone is 2. The molecule has 42 heavy (non-hydrogen) atoms. The smallest absolute Gasteiger partial charge is 0.331 e. The van der Waals surface area contributed by atoms with E-state index < -0.39 is 0 Å². The first-order valence-electron chi connectivity index (χ1n) is 17.0. The molecule has 4 fully saturated rings. The Labute approximate surface area is 255 Å². The van der Waals surface area contributed by atoms with E-state index in [-0.39, 0.29) is 28.7 Å². The lowest BCUT2D eigenvalue weighted by atomic mass is 9.32. The molecule has 230 valence electrons. The van der Waals surface area contributed by atoms with Crippen LogP contribution in [0.5, 0.6) is 5.75 Å². The van der Waals surface area contributed by atoms with Crippen molar-refractivity contribution in [1.29, 1.82) is 0 Å². The number of hydrogen-bond donors (Lipinski definition) is 1. The summed E-state index contributed by atoms with van der Waals surface area (Å²) in [6, 6.07) is 6.89. The molecule has 0 spiro atoms. The standard InChI is InChI=1S/C39H56O3/c1-34(2)21-22-36(5)23-24-38(7)28(29(36)25-34)14-15-31-37(6)19-18-32(35(3,4)30(37)17-20-39(31,38)8)42-33(41)16-11-26-9-12-27(40)13-10-26/h9-13,16,25,28,30-32,40H,14-15,17-24H2,1-8H3/b16-11+/t28-,30+,31-,32+,36-,37+,38-,39-/m1/s1. The highest BCUT2D eigenvalue weighted by Gasteiger charge is 2.69. The van der Waals surface area contributed by atoms with E-state index in [0.29, 0.717) is 27.6 Å². The molecule has 1 aromatic carbocycles. The minimum atomic E-state index is -0.257. The molecule has 5 aliphatic carbocycles. The Morgan fingerprint density at radius 1 is 0.786 bits per heavy atom. The van der Waals surface area contributed by atoms with Gasteiger partial charge in [-0.05, 0) is 133 Å². The first-order chi connectivity index (χ1) is 19.5. The van der Waals surface area contributed by atoms with Crippen molar-refractivity contribution < 1.29 is 14.6 Å². The zero-order chi connectivity index (χ0) is 30.3. The quantitative estimate of drug-likeness (QED) is 0.223. The van der Waals surface area contributed by atoms with Crippen LogP contribution in [0.15, 0.2) is 42.0 Å². The second-order valence-electron chi connectivity index (χ2n) is 17.5. The maximum atomic E-state index is 13.0. The van der Waals surface area contributed by atoms with Crippen LogP contribution < -0.4 is 0 Å². The number of carbonyl (C=O) groups is 1. The molecule has 8 atom stereocenters. The summed E-state index contributed by atoms with van der Waals surface area (Å²) in [6.07, 6.45) is 18.7. The molecule has 4 saturated carbocycles. The molecule has 5 aliphatic rings. The van der Waals surface area contributed by atoms with E-state index in [9.17, 15) is 9.90 Å². The molecule has 0 aromatic heterocycles. The first kappa shape index (κ1) is 30.0. The van der Waals surface area contributed by atoms with E-state index in [0.717, 1.165) is 30.2 Å². The molecule has 3 heteroatoms. The summed E-state index contributed by atoms with van der Waals surface area (Å²) in [5.41, 5.74) is 4.36. The van der Waals surface area contributed by atoms with E-state index in [1.165, 1.54) is 51.4 Å². The van der Waals surface area contributed by atoms with Gasteiger partial charge in [0, 0.05) is 11.5 Å². The topological polar surface area (TPSA) is 46.5 Å². The molecule has 0 heterocycles. The van der Waals surface area contributed by atoms with Crippen molar-refractivity contribution in [2.45, 2.75) is 126 Å². The van der Waals surface area contributed by atoms with Gasteiger partial charge in [0.2, 0.25) is 0 Å². The number of hydrogen-bond acceptors (Lipinski definition) is 3. The van der Waals surface area contributed by atoms with Gasteiger partial charge >= 0.3 is 5.97 Å². The Morgan fingerprint density at radius 2 is 1.48 bits per heavy atom. The maximum Gasteiger partial charge on any atom is 0.331 e. The molecule has 0 bridgehead atoms. The molecule has 1 aromatic rings. The third kappa shape index (κ3) is 4.45. The molecular weight excluding hydrogens is 516 g/mol. The van der Waals surface area contributed by atoms with E-state index in [1.54, 1.807) is 24.3 Å². The molecule has 3 nitrogen and oxygen atoms in total. The van der Waals surface area contributed by atoms with Crippen LogP contribution in [0.25, 0.3) is 6.08 Å². The van der Waals surface area contributed by atoms with E-state index in [4.69, 9.17) is 4.74 Å². The zero-order valence-electron chi connectivity index (χ0n) is 27.7. The number of phenolic OH excluding ortho intramolecular Hbond substituents is 1. The fraction of sp³-hybridized carbons (Fsp3) is 0.718. The van der Waals surface area contributed by atoms with E-state index in [2.05, 4.69) is 61.5 Å². The summed E-state index contributed by atoms with van der Waals surface area (Å²) in [5, 5.41) is 9.54. The van der Waals surface area contributed by atoms with Crippen LogP contribution in [-0.4, -0.2) is 17.2 Å². The summed E-state index contributed by atoms with van der Waals surface area (Å²) in [6.45, 7) is 20.3. The van der Waals surface area contributed by atoms with Crippen molar-refractivity contribution in [2.24, 2.45) is 50.2 Å². The van der Waals surface area contributed by atoms with Gasteiger partial charge in [0.25, 0.3) is 0 Å². The minimum absolute atomic E-state index is 0.0603. The van der Waals surface area contributed by atoms with Gasteiger partial charge in [-0.15, -0.1) is 0 Å². The second-order valence-corrected chi connectivity index (χ2v) is 17.5. The Balaban J connectivity index is 1.23. The molecule has 6 rings (SSSR count). The molecule has 0 saturated heterocycles. The van der Waals surface area contributed by atoms with Crippen LogP contribution in [-0.2, 0) is 9.53 Å². The maximum absolute atomic E-state index is 13.0. The minimum Gasteiger partial charge on any atom is -0.508 e. The van der Waals surface area contributed by atoms with Crippen molar-refractivity contribution in [2.75, 3.05) is 0 Å². The highest BCUT2D eigenvalue weighted by molar-refractivity contribution is 5.87. The molecular formula is C39H56O3. The Hall–Kier alpha value is -2.03. The van der Waals surface area contributed by atoms with Crippen LogP contribution in [0.2, 0.25) is 0 Å². The largest absolute Gasteiger partial charge is 0.508 e. The van der Waals surface area contributed by atoms with Crippen LogP contribution in [0, 0.1) is 50.2 Å². The highest BCUT2D eigenvalue weighted by atomic mass is 16.5. The van der Waals surface area contributed by atoms with Crippen LogP contribution in [0.4, 0.5) is 0 Å². The van der Waals surface area contributed by atoms with Gasteiger partial charge in [0.05, 0.1) is 0 Å². The van der Waals surface area contributed by atoms with Gasteiger partial charge in [-0.3, -0.25) is 0 Å². The fourth-order valence-corrected chi connectivity index (χ4v) is 11.7. The molecule has 0 amide bonds. The van der Waals surface area contributed by atoms with Crippen molar-refractivity contribution in [3.8, 4) is 5.75 Å². The normalized spacial score (nSPS) is 43.8. The molecule has 0 aliphatic heterocycles. The van der Waals surface area contributed by atoms with Crippen molar-refractivity contribution >= 4 is 12.0 Å². The molecule has 0 unspecified atom stereocenters. The average Bonchev–Trinajstić information content (AvgIpc) is 2.91. The summed E-state index contributed by atoms with van der Waals surface area (Å²) >= 11 is 0. The van der Waals surface area contributed by atoms with Gasteiger partial charge in [-0.1, -0.05) is 79.2 Å². The molecule has 1 N–H and O–H groups in total. The number of fused-ring (bicyclic) bond motifs is 7. The summed E-state index contributed by atoms with van der Waals surface area (Å²) in [5.74, 6) is 1.97. The van der Waals surface area contributed by atoms with Crippen LogP contribution >= 0.6 is 0 Å². The van der Waals surface area contributed by atoms with E-state index >= 15 is 0 Å². The van der Waals surface area contributed by atoms with Gasteiger partial charge in [0.1, 0.15) is 11.9 Å². The molecule has 0 radical (unpaired) electrons. The Bertz CT molecular complexity index is 1280. The summed E-state index contributed by atoms with van der Waals surface area (Å²) < 4.78 is 6.22. The number of rotatable bonds is 3. The predicted octanol–water partition coefficient (Wildman–Crippen LogP) is 10.1. The summed E-state index contributed by atoms with van der Waals surface area (Å²) in [4.78, 5) is 13.0. The van der Waals surface area contributed by atoms with Gasteiger partial charge in [-0.25, -0.2) is 4.79 Å². The van der Waals surface area contributed by atoms with Crippen molar-refractivity contribution in [3.05, 3.63) is 47.6 Å². The second kappa shape index (κ2) is 9.73. The zero-order valence-corrected chi connectivity index (χ0v) is 27.7. The number of esters is 1. The number of carbonyl (C=O) groups excluding carboxylic acids is 1. The number of aromatic hydroxyl groups is 1. The lowest BCUT2D eigenvalue weighted by molar-refractivity contribution is -0.232. The van der Waals surface area contributed by atoms with Crippen LogP contribution in [0.1, 0.15) is 125 Å². The monoisotopic (exact) mass is 572 g/mol. The van der Waals surface area contributed by atoms with Gasteiger partial charge in [0.15, 0.2) is 0 Å². The first-order valence-corrected chi connectivity index (χ1v) is 17.0. The Morgan fingerprint density at radius 3 is 2.19 bits per heavy atom. The average molecular weight is 573 g/mol. The van der Waals surface area contributed by atoms with Crippen molar-refractivity contribution in [1.82, 2.24) is 0 Å². The lowest BCUT2D eigenvalue weighted by Crippen LogP contribution is -2.66. The SMILES string of the molecule is CC1(C)C=C2[C@H]3CC[C@@H]4[C@@]5(C)CC[C@H](OC(=O)/C=C/c6ccc(O)cc6)C(C)(C)[C@@H]5CC[C@@]4(C)[C@]3(C)CC[C@@]2(C)CC1. The highest BCUT2D eigenvalue weighted by Crippen LogP contribution is 2.76. The predicted molar refractivity (Wildman–Crippen MR) is 172 cm³/mol. The third-order valence-corrected chi connectivity index (χ3v) is 14.5. The third-order valence-electron chi connectivity index (χ3n) is 14.5.